The molecule has 28 heavy (non-hydrogen) atoms. The lowest BCUT2D eigenvalue weighted by Crippen LogP contribution is -2.37. The molecular weight excluding hydrogens is 375 g/mol. The predicted molar refractivity (Wildman–Crippen MR) is 90.9 cm³/mol. The van der Waals surface area contributed by atoms with Crippen LogP contribution in [0.3, 0.4) is 0 Å². The van der Waals surface area contributed by atoms with Crippen LogP contribution in [0.25, 0.3) is 11.4 Å². The van der Waals surface area contributed by atoms with E-state index in [2.05, 4.69) is 25.6 Å². The van der Waals surface area contributed by atoms with Gasteiger partial charge in [0.2, 0.25) is 5.91 Å². The molecule has 3 heterocycles. The summed E-state index contributed by atoms with van der Waals surface area (Å²) in [5.41, 5.74) is 0.541. The molecule has 1 N–H and O–H groups in total. The van der Waals surface area contributed by atoms with Crippen LogP contribution in [0.2, 0.25) is 0 Å². The molecule has 0 fully saturated rings. The van der Waals surface area contributed by atoms with Gasteiger partial charge in [-0.1, -0.05) is 0 Å². The van der Waals surface area contributed by atoms with Gasteiger partial charge in [-0.25, -0.2) is 18.2 Å². The van der Waals surface area contributed by atoms with Crippen molar-refractivity contribution in [2.75, 3.05) is 0 Å². The van der Waals surface area contributed by atoms with Crippen molar-refractivity contribution in [3.63, 3.8) is 0 Å². The lowest BCUT2D eigenvalue weighted by atomic mass is 10.0. The number of nitrogens with zero attached hydrogens (tertiary/aromatic N) is 6. The highest BCUT2D eigenvalue weighted by Gasteiger charge is 2.20. The van der Waals surface area contributed by atoms with E-state index in [4.69, 9.17) is 0 Å². The molecule has 4 aromatic rings. The van der Waals surface area contributed by atoms with E-state index in [0.717, 1.165) is 6.07 Å². The van der Waals surface area contributed by atoms with Crippen LogP contribution < -0.4 is 5.32 Å². The van der Waals surface area contributed by atoms with E-state index in [9.17, 15) is 18.0 Å². The Labute approximate surface area is 156 Å². The molecule has 0 unspecified atom stereocenters. The maximum atomic E-state index is 14.0. The number of rotatable bonds is 5. The Kier molecular flexibility index (Phi) is 4.41. The van der Waals surface area contributed by atoms with Crippen LogP contribution in [0.1, 0.15) is 18.3 Å². The Morgan fingerprint density at radius 3 is 2.71 bits per heavy atom. The quantitative estimate of drug-likeness (QED) is 0.523. The second-order valence-corrected chi connectivity index (χ2v) is 6.30. The van der Waals surface area contributed by atoms with E-state index in [1.54, 1.807) is 16.7 Å². The van der Waals surface area contributed by atoms with Gasteiger partial charge in [0.05, 0.1) is 0 Å². The van der Waals surface area contributed by atoms with E-state index in [1.807, 2.05) is 0 Å². The Morgan fingerprint density at radius 1 is 1.14 bits per heavy atom. The largest absolute Gasteiger partial charge is 0.353 e. The summed E-state index contributed by atoms with van der Waals surface area (Å²) in [6.07, 6.45) is 3.22. The second kappa shape index (κ2) is 6.91. The molecule has 4 rings (SSSR count). The highest BCUT2D eigenvalue weighted by Crippen LogP contribution is 2.17. The fourth-order valence-electron chi connectivity index (χ4n) is 3.08. The number of hydrogen-bond acceptors (Lipinski definition) is 5. The number of fused-ring (bicyclic) bond motifs is 3. The lowest BCUT2D eigenvalue weighted by Gasteiger charge is -2.17. The van der Waals surface area contributed by atoms with Gasteiger partial charge in [0, 0.05) is 31.6 Å². The third kappa shape index (κ3) is 3.26. The van der Waals surface area contributed by atoms with Gasteiger partial charge in [-0.3, -0.25) is 9.20 Å². The summed E-state index contributed by atoms with van der Waals surface area (Å²) in [6, 6.07) is 2.38. The number of halogens is 3. The number of hydrogen-bond donors (Lipinski definition) is 1. The minimum atomic E-state index is -1.27. The Balaban J connectivity index is 1.66. The summed E-state index contributed by atoms with van der Waals surface area (Å²) in [5, 5.41) is 14.9. The first-order valence-corrected chi connectivity index (χ1v) is 8.35. The number of benzene rings is 1. The van der Waals surface area contributed by atoms with Gasteiger partial charge in [-0.2, -0.15) is 9.61 Å². The number of nitrogens with one attached hydrogen (secondary N) is 1. The zero-order valence-corrected chi connectivity index (χ0v) is 14.6. The Bertz CT molecular complexity index is 1190. The topological polar surface area (TPSA) is 89.5 Å². The zero-order chi connectivity index (χ0) is 19.8. The molecule has 0 spiro atoms. The first kappa shape index (κ1) is 17.9. The summed E-state index contributed by atoms with van der Waals surface area (Å²) in [7, 11) is 0. The number of carbonyl (C=O) groups is 1. The molecule has 0 bridgehead atoms. The maximum Gasteiger partial charge on any atom is 0.258 e. The van der Waals surface area contributed by atoms with Crippen LogP contribution in [0.5, 0.6) is 0 Å². The predicted octanol–water partition coefficient (Wildman–Crippen LogP) is 1.48. The van der Waals surface area contributed by atoms with Crippen molar-refractivity contribution in [1.29, 1.82) is 0 Å². The van der Waals surface area contributed by atoms with E-state index in [0.29, 0.717) is 23.3 Å². The van der Waals surface area contributed by atoms with Crippen molar-refractivity contribution in [3.05, 3.63) is 59.6 Å². The molecule has 8 nitrogen and oxygen atoms in total. The molecule has 144 valence electrons. The van der Waals surface area contributed by atoms with Crippen LogP contribution in [-0.4, -0.2) is 41.1 Å². The molecule has 0 saturated carbocycles. The summed E-state index contributed by atoms with van der Waals surface area (Å²) in [5.74, 6) is -2.75. The minimum Gasteiger partial charge on any atom is -0.353 e. The molecular formula is C17H14F3N7O. The summed E-state index contributed by atoms with van der Waals surface area (Å²) < 4.78 is 43.9. The van der Waals surface area contributed by atoms with Crippen LogP contribution in [0.4, 0.5) is 13.2 Å². The van der Waals surface area contributed by atoms with E-state index < -0.39 is 23.5 Å². The van der Waals surface area contributed by atoms with E-state index in [1.165, 1.54) is 17.8 Å². The summed E-state index contributed by atoms with van der Waals surface area (Å²) in [4.78, 5) is 15.6. The van der Waals surface area contributed by atoms with Crippen molar-refractivity contribution in [3.8, 4) is 0 Å². The fraction of sp³-hybridized carbons (Fsp3) is 0.235. The molecule has 0 aliphatic rings. The first-order chi connectivity index (χ1) is 13.4. The monoisotopic (exact) mass is 389 g/mol. The van der Waals surface area contributed by atoms with Crippen LogP contribution in [-0.2, 0) is 17.6 Å². The molecule has 1 aromatic carbocycles. The zero-order valence-electron chi connectivity index (χ0n) is 14.6. The van der Waals surface area contributed by atoms with Crippen molar-refractivity contribution in [2.45, 2.75) is 25.8 Å². The van der Waals surface area contributed by atoms with Gasteiger partial charge < -0.3 is 5.32 Å². The maximum absolute atomic E-state index is 14.0. The fourth-order valence-corrected chi connectivity index (χ4v) is 3.08. The highest BCUT2D eigenvalue weighted by atomic mass is 19.2. The average Bonchev–Trinajstić information content (AvgIpc) is 3.25. The van der Waals surface area contributed by atoms with Gasteiger partial charge >= 0.3 is 0 Å². The molecule has 0 radical (unpaired) electrons. The van der Waals surface area contributed by atoms with E-state index >= 15 is 0 Å². The van der Waals surface area contributed by atoms with Gasteiger partial charge in [0.25, 0.3) is 5.78 Å². The smallest absolute Gasteiger partial charge is 0.258 e. The molecule has 0 aliphatic heterocycles. The molecule has 1 amide bonds. The van der Waals surface area contributed by atoms with Gasteiger partial charge in [-0.15, -0.1) is 10.2 Å². The molecule has 3 aromatic heterocycles. The van der Waals surface area contributed by atoms with Crippen LogP contribution >= 0.6 is 0 Å². The standard InChI is InChI=1S/C17H14F3N7O/c1-9(28)23-11(4-10-5-13(19)14(20)7-12(10)18)6-16-24-25-17-26(16)3-2-15-21-8-22-27(15)17/h2-3,5,7-8,11H,4,6H2,1H3,(H,23,28)/t11-/m1/s1. The van der Waals surface area contributed by atoms with E-state index in [-0.39, 0.29) is 24.3 Å². The van der Waals surface area contributed by atoms with Crippen molar-refractivity contribution in [1.82, 2.24) is 34.5 Å². The van der Waals surface area contributed by atoms with Crippen LogP contribution in [0, 0.1) is 17.5 Å². The highest BCUT2D eigenvalue weighted by molar-refractivity contribution is 5.73. The lowest BCUT2D eigenvalue weighted by molar-refractivity contribution is -0.119. The number of carbonyl (C=O) groups excluding carboxylic acids is 1. The second-order valence-electron chi connectivity index (χ2n) is 6.30. The summed E-state index contributed by atoms with van der Waals surface area (Å²) >= 11 is 0. The van der Waals surface area contributed by atoms with Gasteiger partial charge in [0.1, 0.15) is 18.0 Å². The normalized spacial score (nSPS) is 12.6. The van der Waals surface area contributed by atoms with Gasteiger partial charge in [0.15, 0.2) is 17.3 Å². The molecule has 0 aliphatic carbocycles. The summed E-state index contributed by atoms with van der Waals surface area (Å²) in [6.45, 7) is 1.31. The number of aromatic nitrogens is 6. The Hall–Kier alpha value is -3.50. The molecule has 1 atom stereocenters. The minimum absolute atomic E-state index is 0.0508. The van der Waals surface area contributed by atoms with Gasteiger partial charge in [-0.05, 0) is 24.1 Å². The average molecular weight is 389 g/mol. The third-order valence-electron chi connectivity index (χ3n) is 4.28. The third-order valence-corrected chi connectivity index (χ3v) is 4.28. The van der Waals surface area contributed by atoms with Crippen molar-refractivity contribution < 1.29 is 18.0 Å². The SMILES string of the molecule is CC(=O)N[C@H](Cc1cc(F)c(F)cc1F)Cc1nnc2n1ccc1ncnn12. The van der Waals surface area contributed by atoms with Crippen molar-refractivity contribution >= 4 is 17.3 Å². The Morgan fingerprint density at radius 2 is 1.93 bits per heavy atom. The molecule has 11 heteroatoms. The number of amides is 1. The van der Waals surface area contributed by atoms with Crippen molar-refractivity contribution in [2.24, 2.45) is 0 Å². The first-order valence-electron chi connectivity index (χ1n) is 8.35. The molecule has 0 saturated heterocycles. The van der Waals surface area contributed by atoms with Crippen LogP contribution in [0.15, 0.2) is 30.7 Å².